The van der Waals surface area contributed by atoms with Crippen LogP contribution in [0.4, 0.5) is 0 Å². The maximum atomic E-state index is 12.9. The molecule has 132 valence electrons. The molecule has 2 atom stereocenters. The summed E-state index contributed by atoms with van der Waals surface area (Å²) in [6.45, 7) is 1.70. The van der Waals surface area contributed by atoms with E-state index >= 15 is 0 Å². The third-order valence-electron chi connectivity index (χ3n) is 4.92. The zero-order chi connectivity index (χ0) is 18.0. The molecule has 0 bridgehead atoms. The van der Waals surface area contributed by atoms with Gasteiger partial charge in [0.15, 0.2) is 0 Å². The lowest BCUT2D eigenvalue weighted by Gasteiger charge is -2.29. The van der Waals surface area contributed by atoms with Crippen LogP contribution in [0.15, 0.2) is 46.1 Å². The van der Waals surface area contributed by atoms with E-state index in [1.165, 1.54) is 4.57 Å². The minimum absolute atomic E-state index is 0.0901. The van der Waals surface area contributed by atoms with Crippen molar-refractivity contribution in [1.82, 2.24) is 9.13 Å². The van der Waals surface area contributed by atoms with E-state index in [0.717, 1.165) is 23.8 Å². The molecule has 1 aromatic heterocycles. The molecule has 6 nitrogen and oxygen atoms in total. The third-order valence-corrected chi connectivity index (χ3v) is 4.92. The number of hydrogen-bond donors (Lipinski definition) is 1. The average Bonchev–Trinajstić information content (AvgIpc) is 2.65. The fourth-order valence-corrected chi connectivity index (χ4v) is 3.53. The summed E-state index contributed by atoms with van der Waals surface area (Å²) in [5, 5.41) is 9.42. The lowest BCUT2D eigenvalue weighted by atomic mass is 9.86. The summed E-state index contributed by atoms with van der Waals surface area (Å²) in [6, 6.07) is 8.23. The summed E-state index contributed by atoms with van der Waals surface area (Å²) < 4.78 is 2.23. The Bertz CT molecular complexity index is 883. The fourth-order valence-electron chi connectivity index (χ4n) is 3.53. The van der Waals surface area contributed by atoms with E-state index in [0.29, 0.717) is 17.5 Å². The van der Waals surface area contributed by atoms with Crippen LogP contribution in [0.25, 0.3) is 0 Å². The molecule has 1 aromatic carbocycles. The number of hydrogen-bond acceptors (Lipinski definition) is 4. The van der Waals surface area contributed by atoms with Crippen LogP contribution in [0.2, 0.25) is 0 Å². The fraction of sp³-hybridized carbons (Fsp3) is 0.421. The van der Waals surface area contributed by atoms with Gasteiger partial charge in [-0.1, -0.05) is 24.6 Å². The van der Waals surface area contributed by atoms with Crippen molar-refractivity contribution < 1.29 is 9.90 Å². The Hall–Kier alpha value is -2.47. The Morgan fingerprint density at radius 3 is 2.60 bits per heavy atom. The SMILES string of the molecule is Cc1cn([C@@H]2CCC[C@H](CO)C2)c(=O)n(C(=O)c2ccccc2)c1=O. The first kappa shape index (κ1) is 17.4. The highest BCUT2D eigenvalue weighted by atomic mass is 16.3. The van der Waals surface area contributed by atoms with Crippen LogP contribution in [-0.4, -0.2) is 26.8 Å². The van der Waals surface area contributed by atoms with Gasteiger partial charge in [0, 0.05) is 30.0 Å². The largest absolute Gasteiger partial charge is 0.396 e. The molecule has 3 rings (SSSR count). The molecule has 1 aliphatic carbocycles. The third kappa shape index (κ3) is 3.35. The van der Waals surface area contributed by atoms with Gasteiger partial charge >= 0.3 is 5.69 Å². The molecule has 6 heteroatoms. The number of benzene rings is 1. The van der Waals surface area contributed by atoms with Gasteiger partial charge in [-0.25, -0.2) is 4.79 Å². The van der Waals surface area contributed by atoms with E-state index in [9.17, 15) is 19.5 Å². The molecule has 1 heterocycles. The summed E-state index contributed by atoms with van der Waals surface area (Å²) in [4.78, 5) is 38.0. The first-order chi connectivity index (χ1) is 12.0. The van der Waals surface area contributed by atoms with Gasteiger partial charge in [0.05, 0.1) is 0 Å². The summed E-state index contributed by atoms with van der Waals surface area (Å²) in [5.41, 5.74) is -0.525. The van der Waals surface area contributed by atoms with Crippen LogP contribution < -0.4 is 11.2 Å². The van der Waals surface area contributed by atoms with Gasteiger partial charge in [0.2, 0.25) is 0 Å². The van der Waals surface area contributed by atoms with Gasteiger partial charge in [-0.15, -0.1) is 0 Å². The molecular weight excluding hydrogens is 320 g/mol. The number of aromatic nitrogens is 2. The molecule has 1 fully saturated rings. The van der Waals surface area contributed by atoms with Crippen molar-refractivity contribution in [3.05, 3.63) is 68.5 Å². The van der Waals surface area contributed by atoms with Crippen molar-refractivity contribution in [2.75, 3.05) is 6.61 Å². The first-order valence-corrected chi connectivity index (χ1v) is 8.58. The predicted octanol–water partition coefficient (Wildman–Crippen LogP) is 1.73. The molecule has 0 aliphatic heterocycles. The number of rotatable bonds is 3. The molecule has 1 aliphatic rings. The monoisotopic (exact) mass is 342 g/mol. The standard InChI is InChI=1S/C19H22N2O4/c1-13-11-20(16-9-5-6-14(10-16)12-22)19(25)21(17(13)23)18(24)15-7-3-2-4-8-15/h2-4,7-8,11,14,16,22H,5-6,9-10,12H2,1H3/t14-,16+/m0/s1. The van der Waals surface area contributed by atoms with Gasteiger partial charge in [-0.05, 0) is 44.2 Å². The summed E-state index contributed by atoms with van der Waals surface area (Å²) in [6.07, 6.45) is 4.86. The van der Waals surface area contributed by atoms with Gasteiger partial charge in [-0.3, -0.25) is 14.2 Å². The van der Waals surface area contributed by atoms with Crippen LogP contribution >= 0.6 is 0 Å². The minimum Gasteiger partial charge on any atom is -0.396 e. The van der Waals surface area contributed by atoms with Crippen LogP contribution in [0, 0.1) is 12.8 Å². The topological polar surface area (TPSA) is 81.3 Å². The molecule has 0 amide bonds. The normalized spacial score (nSPS) is 20.4. The molecule has 1 N–H and O–H groups in total. The number of aliphatic hydroxyl groups excluding tert-OH is 1. The van der Waals surface area contributed by atoms with Gasteiger partial charge in [0.1, 0.15) is 0 Å². The van der Waals surface area contributed by atoms with E-state index in [4.69, 9.17) is 0 Å². The minimum atomic E-state index is -0.609. The van der Waals surface area contributed by atoms with Gasteiger partial charge < -0.3 is 5.11 Å². The van der Waals surface area contributed by atoms with Crippen molar-refractivity contribution in [1.29, 1.82) is 0 Å². The number of nitrogens with zero attached hydrogens (tertiary/aromatic N) is 2. The smallest absolute Gasteiger partial charge is 0.338 e. The van der Waals surface area contributed by atoms with E-state index in [1.54, 1.807) is 43.5 Å². The number of carbonyl (C=O) groups is 1. The molecule has 25 heavy (non-hydrogen) atoms. The highest BCUT2D eigenvalue weighted by molar-refractivity contribution is 5.95. The summed E-state index contributed by atoms with van der Waals surface area (Å²) in [5.74, 6) is -0.460. The van der Waals surface area contributed by atoms with E-state index < -0.39 is 17.2 Å². The predicted molar refractivity (Wildman–Crippen MR) is 94.0 cm³/mol. The van der Waals surface area contributed by atoms with Crippen LogP contribution in [0.1, 0.15) is 47.6 Å². The zero-order valence-electron chi connectivity index (χ0n) is 14.2. The van der Waals surface area contributed by atoms with Crippen molar-refractivity contribution in [3.8, 4) is 0 Å². The Morgan fingerprint density at radius 1 is 1.20 bits per heavy atom. The average molecular weight is 342 g/mol. The lowest BCUT2D eigenvalue weighted by molar-refractivity contribution is 0.0944. The lowest BCUT2D eigenvalue weighted by Crippen LogP contribution is -2.46. The van der Waals surface area contributed by atoms with Gasteiger partial charge in [-0.2, -0.15) is 4.57 Å². The molecular formula is C19H22N2O4. The van der Waals surface area contributed by atoms with Crippen LogP contribution in [0.5, 0.6) is 0 Å². The molecule has 0 saturated heterocycles. The van der Waals surface area contributed by atoms with Crippen LogP contribution in [0.3, 0.4) is 0 Å². The Labute approximate surface area is 145 Å². The highest BCUT2D eigenvalue weighted by Crippen LogP contribution is 2.31. The highest BCUT2D eigenvalue weighted by Gasteiger charge is 2.26. The van der Waals surface area contributed by atoms with E-state index in [1.807, 2.05) is 0 Å². The number of carbonyl (C=O) groups excluding carboxylic acids is 1. The van der Waals surface area contributed by atoms with E-state index in [2.05, 4.69) is 0 Å². The second-order valence-corrected chi connectivity index (χ2v) is 6.68. The van der Waals surface area contributed by atoms with Gasteiger partial charge in [0.25, 0.3) is 11.5 Å². The van der Waals surface area contributed by atoms with Crippen LogP contribution in [-0.2, 0) is 0 Å². The van der Waals surface area contributed by atoms with E-state index in [-0.39, 0.29) is 18.6 Å². The van der Waals surface area contributed by atoms with Crippen molar-refractivity contribution in [3.63, 3.8) is 0 Å². The Kier molecular flexibility index (Phi) is 4.99. The second-order valence-electron chi connectivity index (χ2n) is 6.68. The Morgan fingerprint density at radius 2 is 1.92 bits per heavy atom. The summed E-state index contributed by atoms with van der Waals surface area (Å²) in [7, 11) is 0. The maximum Gasteiger partial charge on any atom is 0.338 e. The molecule has 1 saturated carbocycles. The molecule has 0 radical (unpaired) electrons. The van der Waals surface area contributed by atoms with Crippen molar-refractivity contribution >= 4 is 5.91 Å². The van der Waals surface area contributed by atoms with Crippen molar-refractivity contribution in [2.45, 2.75) is 38.6 Å². The number of aryl methyl sites for hydroxylation is 1. The molecule has 0 unspecified atom stereocenters. The van der Waals surface area contributed by atoms with Crippen molar-refractivity contribution in [2.24, 2.45) is 5.92 Å². The zero-order valence-corrected chi connectivity index (χ0v) is 14.2. The Balaban J connectivity index is 2.08. The maximum absolute atomic E-state index is 12.9. The number of aliphatic hydroxyl groups is 1. The molecule has 2 aromatic rings. The first-order valence-electron chi connectivity index (χ1n) is 8.58. The second kappa shape index (κ2) is 7.19. The quantitative estimate of drug-likeness (QED) is 0.921. The molecule has 0 spiro atoms. The summed E-state index contributed by atoms with van der Waals surface area (Å²) >= 11 is 0.